The van der Waals surface area contributed by atoms with Gasteiger partial charge in [-0.25, -0.2) is 0 Å². The summed E-state index contributed by atoms with van der Waals surface area (Å²) >= 11 is 6.04. The SMILES string of the molecule is CCNC(c1ccoc1Cl)C1CCCC1. The molecule has 1 aliphatic carbocycles. The Bertz CT molecular complexity index is 304. The minimum absolute atomic E-state index is 0.378. The Morgan fingerprint density at radius 1 is 1.53 bits per heavy atom. The fraction of sp³-hybridized carbons (Fsp3) is 0.667. The van der Waals surface area contributed by atoms with E-state index in [0.717, 1.165) is 18.0 Å². The van der Waals surface area contributed by atoms with Gasteiger partial charge in [0, 0.05) is 11.6 Å². The molecule has 1 heterocycles. The van der Waals surface area contributed by atoms with Crippen molar-refractivity contribution in [3.05, 3.63) is 23.1 Å². The number of hydrogen-bond acceptors (Lipinski definition) is 2. The van der Waals surface area contributed by atoms with Gasteiger partial charge in [-0.2, -0.15) is 0 Å². The molecule has 1 aliphatic rings. The Balaban J connectivity index is 2.15. The third kappa shape index (κ3) is 2.37. The van der Waals surface area contributed by atoms with E-state index in [9.17, 15) is 0 Å². The molecule has 1 atom stereocenters. The van der Waals surface area contributed by atoms with Crippen molar-refractivity contribution in [2.45, 2.75) is 38.6 Å². The summed E-state index contributed by atoms with van der Waals surface area (Å²) in [5.41, 5.74) is 1.13. The molecule has 0 aliphatic heterocycles. The first-order valence-electron chi connectivity index (χ1n) is 5.79. The monoisotopic (exact) mass is 227 g/mol. The summed E-state index contributed by atoms with van der Waals surface area (Å²) in [5, 5.41) is 4.07. The van der Waals surface area contributed by atoms with Gasteiger partial charge in [0.25, 0.3) is 0 Å². The molecule has 3 heteroatoms. The zero-order valence-corrected chi connectivity index (χ0v) is 9.89. The predicted molar refractivity (Wildman–Crippen MR) is 62.1 cm³/mol. The summed E-state index contributed by atoms with van der Waals surface area (Å²) in [6.45, 7) is 3.11. The van der Waals surface area contributed by atoms with Gasteiger partial charge in [0.1, 0.15) is 0 Å². The van der Waals surface area contributed by atoms with Crippen LogP contribution in [0.3, 0.4) is 0 Å². The van der Waals surface area contributed by atoms with Crippen LogP contribution in [0.2, 0.25) is 5.22 Å². The van der Waals surface area contributed by atoms with Crippen LogP contribution >= 0.6 is 11.6 Å². The van der Waals surface area contributed by atoms with E-state index in [1.807, 2.05) is 6.07 Å². The Labute approximate surface area is 96.0 Å². The molecule has 0 spiro atoms. The van der Waals surface area contributed by atoms with Crippen molar-refractivity contribution in [2.24, 2.45) is 5.92 Å². The maximum Gasteiger partial charge on any atom is 0.197 e. The number of halogens is 1. The molecule has 2 nitrogen and oxygen atoms in total. The first-order chi connectivity index (χ1) is 7.33. The van der Waals surface area contributed by atoms with Crippen molar-refractivity contribution < 1.29 is 4.42 Å². The molecule has 0 aromatic carbocycles. The Morgan fingerprint density at radius 3 is 2.80 bits per heavy atom. The first-order valence-corrected chi connectivity index (χ1v) is 6.17. The average Bonchev–Trinajstić information content (AvgIpc) is 2.85. The maximum absolute atomic E-state index is 6.04. The molecule has 15 heavy (non-hydrogen) atoms. The van der Waals surface area contributed by atoms with E-state index in [1.54, 1.807) is 6.26 Å². The largest absolute Gasteiger partial charge is 0.453 e. The second-order valence-corrected chi connectivity index (χ2v) is 4.57. The van der Waals surface area contributed by atoms with Crippen molar-refractivity contribution in [1.29, 1.82) is 0 Å². The zero-order chi connectivity index (χ0) is 10.7. The predicted octanol–water partition coefficient (Wildman–Crippen LogP) is 3.77. The highest BCUT2D eigenvalue weighted by Gasteiger charge is 2.28. The Hall–Kier alpha value is -0.470. The lowest BCUT2D eigenvalue weighted by Crippen LogP contribution is -2.26. The minimum Gasteiger partial charge on any atom is -0.453 e. The average molecular weight is 228 g/mol. The lowest BCUT2D eigenvalue weighted by molar-refractivity contribution is 0.372. The van der Waals surface area contributed by atoms with Gasteiger partial charge in [0.2, 0.25) is 0 Å². The first kappa shape index (κ1) is 11.0. The zero-order valence-electron chi connectivity index (χ0n) is 9.13. The molecular formula is C12H18ClNO. The van der Waals surface area contributed by atoms with E-state index in [2.05, 4.69) is 12.2 Å². The second kappa shape index (κ2) is 5.04. The lowest BCUT2D eigenvalue weighted by atomic mass is 9.93. The summed E-state index contributed by atoms with van der Waals surface area (Å²) < 4.78 is 5.18. The van der Waals surface area contributed by atoms with Crippen LogP contribution in [0.25, 0.3) is 0 Å². The lowest BCUT2D eigenvalue weighted by Gasteiger charge is -2.23. The Kier molecular flexibility index (Phi) is 3.71. The van der Waals surface area contributed by atoms with Crippen molar-refractivity contribution in [3.63, 3.8) is 0 Å². The van der Waals surface area contributed by atoms with E-state index >= 15 is 0 Å². The highest BCUT2D eigenvalue weighted by atomic mass is 35.5. The molecule has 0 radical (unpaired) electrons. The molecule has 0 saturated heterocycles. The van der Waals surface area contributed by atoms with Gasteiger partial charge in [0.05, 0.1) is 6.26 Å². The van der Waals surface area contributed by atoms with Crippen LogP contribution in [0.5, 0.6) is 0 Å². The van der Waals surface area contributed by atoms with E-state index in [4.69, 9.17) is 16.0 Å². The Morgan fingerprint density at radius 2 is 2.27 bits per heavy atom. The molecule has 1 unspecified atom stereocenters. The number of hydrogen-bond donors (Lipinski definition) is 1. The van der Waals surface area contributed by atoms with E-state index < -0.39 is 0 Å². The second-order valence-electron chi connectivity index (χ2n) is 4.23. The summed E-state index contributed by atoms with van der Waals surface area (Å²) in [5.74, 6) is 0.722. The van der Waals surface area contributed by atoms with Crippen LogP contribution in [-0.4, -0.2) is 6.54 Å². The van der Waals surface area contributed by atoms with Crippen molar-refractivity contribution in [2.75, 3.05) is 6.54 Å². The van der Waals surface area contributed by atoms with Gasteiger partial charge in [-0.3, -0.25) is 0 Å². The normalized spacial score (nSPS) is 19.6. The maximum atomic E-state index is 6.04. The molecule has 1 aromatic heterocycles. The number of rotatable bonds is 4. The minimum atomic E-state index is 0.378. The highest BCUT2D eigenvalue weighted by Crippen LogP contribution is 2.38. The van der Waals surface area contributed by atoms with Crippen molar-refractivity contribution in [3.8, 4) is 0 Å². The van der Waals surface area contributed by atoms with E-state index in [-0.39, 0.29) is 0 Å². The topological polar surface area (TPSA) is 25.2 Å². The summed E-state index contributed by atoms with van der Waals surface area (Å²) in [6, 6.07) is 2.37. The third-order valence-corrected chi connectivity index (χ3v) is 3.58. The van der Waals surface area contributed by atoms with Crippen LogP contribution < -0.4 is 5.32 Å². The van der Waals surface area contributed by atoms with Gasteiger partial charge in [-0.1, -0.05) is 19.8 Å². The van der Waals surface area contributed by atoms with Crippen LogP contribution in [0.4, 0.5) is 0 Å². The van der Waals surface area contributed by atoms with E-state index in [0.29, 0.717) is 11.3 Å². The van der Waals surface area contributed by atoms with Crippen LogP contribution in [0.1, 0.15) is 44.2 Å². The molecule has 1 N–H and O–H groups in total. The molecule has 1 saturated carbocycles. The van der Waals surface area contributed by atoms with Crippen LogP contribution in [0.15, 0.2) is 16.7 Å². The van der Waals surface area contributed by atoms with Gasteiger partial charge in [0.15, 0.2) is 5.22 Å². The quantitative estimate of drug-likeness (QED) is 0.847. The number of furan rings is 1. The van der Waals surface area contributed by atoms with Crippen LogP contribution in [-0.2, 0) is 0 Å². The third-order valence-electron chi connectivity index (χ3n) is 3.28. The molecule has 0 amide bonds. The highest BCUT2D eigenvalue weighted by molar-refractivity contribution is 6.29. The van der Waals surface area contributed by atoms with Crippen molar-refractivity contribution >= 4 is 11.6 Å². The van der Waals surface area contributed by atoms with Gasteiger partial charge in [-0.15, -0.1) is 0 Å². The summed E-state index contributed by atoms with van der Waals surface area (Å²) in [6.07, 6.45) is 6.99. The molecule has 0 bridgehead atoms. The number of nitrogens with one attached hydrogen (secondary N) is 1. The van der Waals surface area contributed by atoms with Crippen molar-refractivity contribution in [1.82, 2.24) is 5.32 Å². The van der Waals surface area contributed by atoms with Gasteiger partial charge in [-0.05, 0) is 43.0 Å². The molecule has 84 valence electrons. The van der Waals surface area contributed by atoms with Crippen LogP contribution in [0, 0.1) is 5.92 Å². The molecule has 1 fully saturated rings. The fourth-order valence-electron chi connectivity index (χ4n) is 2.57. The smallest absolute Gasteiger partial charge is 0.197 e. The van der Waals surface area contributed by atoms with Gasteiger partial charge >= 0.3 is 0 Å². The fourth-order valence-corrected chi connectivity index (χ4v) is 2.80. The molecule has 1 aromatic rings. The van der Waals surface area contributed by atoms with E-state index in [1.165, 1.54) is 25.7 Å². The standard InChI is InChI=1S/C12H18ClNO/c1-2-14-11(9-5-3-4-6-9)10-7-8-15-12(10)13/h7-9,11,14H,2-6H2,1H3. The molecule has 2 rings (SSSR count). The summed E-state index contributed by atoms with van der Waals surface area (Å²) in [7, 11) is 0. The molecular weight excluding hydrogens is 210 g/mol. The van der Waals surface area contributed by atoms with Gasteiger partial charge < -0.3 is 9.73 Å². The summed E-state index contributed by atoms with van der Waals surface area (Å²) in [4.78, 5) is 0.